The normalized spacial score (nSPS) is 25.8. The van der Waals surface area contributed by atoms with Crippen molar-refractivity contribution in [2.24, 2.45) is 0 Å². The number of hydrogen-bond donors (Lipinski definition) is 0. The predicted molar refractivity (Wildman–Crippen MR) is 110 cm³/mol. The highest BCUT2D eigenvalue weighted by atomic mass is 35.6. The van der Waals surface area contributed by atoms with E-state index < -0.39 is 52.3 Å². The lowest BCUT2D eigenvalue weighted by molar-refractivity contribution is -0.296. The van der Waals surface area contributed by atoms with Crippen molar-refractivity contribution in [2.45, 2.75) is 61.9 Å². The Balaban J connectivity index is 2.39. The maximum absolute atomic E-state index is 11.8. The first-order chi connectivity index (χ1) is 14.5. The van der Waals surface area contributed by atoms with E-state index in [-0.39, 0.29) is 6.61 Å². The summed E-state index contributed by atoms with van der Waals surface area (Å²) in [5, 5.41) is 0. The maximum Gasteiger partial charge on any atom is 0.504 e. The van der Waals surface area contributed by atoms with Crippen LogP contribution in [-0.2, 0) is 39.9 Å². The van der Waals surface area contributed by atoms with Crippen LogP contribution in [0.4, 0.5) is 0 Å². The van der Waals surface area contributed by atoms with Gasteiger partial charge in [0.1, 0.15) is 0 Å². The van der Waals surface area contributed by atoms with Crippen molar-refractivity contribution in [3.8, 4) is 0 Å². The topological polar surface area (TPSA) is 117 Å². The minimum atomic E-state index is -2.21. The fourth-order valence-electron chi connectivity index (χ4n) is 2.95. The molecule has 0 aromatic heterocycles. The number of carbonyl (C=O) groups excluding carboxylic acids is 2. The van der Waals surface area contributed by atoms with Crippen molar-refractivity contribution in [3.05, 3.63) is 41.4 Å². The van der Waals surface area contributed by atoms with Gasteiger partial charge in [0, 0.05) is 13.8 Å². The fourth-order valence-corrected chi connectivity index (χ4v) is 3.19. The van der Waals surface area contributed by atoms with Crippen LogP contribution in [0.15, 0.2) is 30.3 Å². The Morgan fingerprint density at radius 1 is 1.03 bits per heavy atom. The standard InChI is InChI=1S/C19H21Cl3N2O7/c1-10-14(29-11(2)25)15(30-12(3)26)16(27-9-13-7-5-4-6-8-13)17(28-10)31-18(24-23)19(20,21)22/h4-8,10,14-17H,9H2,1-3H3/t10-,14+,15+,16-,17-/m0/s1. The summed E-state index contributed by atoms with van der Waals surface area (Å²) in [7, 11) is 0. The van der Waals surface area contributed by atoms with Gasteiger partial charge >= 0.3 is 21.6 Å². The zero-order chi connectivity index (χ0) is 23.2. The summed E-state index contributed by atoms with van der Waals surface area (Å²) in [6.07, 6.45) is -5.44. The second-order valence-corrected chi connectivity index (χ2v) is 8.92. The van der Waals surface area contributed by atoms with Crippen LogP contribution in [0.5, 0.6) is 0 Å². The van der Waals surface area contributed by atoms with E-state index in [1.165, 1.54) is 13.8 Å². The molecular weight excluding hydrogens is 475 g/mol. The number of hydrogen-bond acceptors (Lipinski definition) is 7. The van der Waals surface area contributed by atoms with Gasteiger partial charge in [-0.25, -0.2) is 0 Å². The van der Waals surface area contributed by atoms with Gasteiger partial charge in [0.15, 0.2) is 18.3 Å². The van der Waals surface area contributed by atoms with Crippen LogP contribution in [-0.4, -0.2) is 57.1 Å². The zero-order valence-electron chi connectivity index (χ0n) is 16.9. The summed E-state index contributed by atoms with van der Waals surface area (Å²) in [6.45, 7) is 4.03. The molecule has 5 atom stereocenters. The largest absolute Gasteiger partial charge is 0.504 e. The van der Waals surface area contributed by atoms with Crippen molar-refractivity contribution in [3.63, 3.8) is 0 Å². The summed E-state index contributed by atoms with van der Waals surface area (Å²) in [5.74, 6) is -1.95. The molecule has 0 N–H and O–H groups in total. The molecule has 1 aliphatic rings. The first-order valence-electron chi connectivity index (χ1n) is 9.14. The Bertz CT molecular complexity index is 828. The van der Waals surface area contributed by atoms with Crippen LogP contribution >= 0.6 is 34.8 Å². The Morgan fingerprint density at radius 3 is 2.13 bits per heavy atom. The molecule has 1 heterocycles. The van der Waals surface area contributed by atoms with E-state index in [1.54, 1.807) is 6.92 Å². The molecule has 12 heteroatoms. The third kappa shape index (κ3) is 7.35. The summed E-state index contributed by atoms with van der Waals surface area (Å²) < 4.78 is 25.7. The summed E-state index contributed by atoms with van der Waals surface area (Å²) in [4.78, 5) is 26.3. The second-order valence-electron chi connectivity index (χ2n) is 6.64. The van der Waals surface area contributed by atoms with Gasteiger partial charge in [0.25, 0.3) is 0 Å². The highest BCUT2D eigenvalue weighted by molar-refractivity contribution is 6.75. The van der Waals surface area contributed by atoms with Crippen molar-refractivity contribution < 1.29 is 38.1 Å². The van der Waals surface area contributed by atoms with Crippen molar-refractivity contribution in [2.75, 3.05) is 0 Å². The smallest absolute Gasteiger partial charge is 0.456 e. The van der Waals surface area contributed by atoms with Crippen LogP contribution < -0.4 is 0 Å². The van der Waals surface area contributed by atoms with E-state index >= 15 is 0 Å². The predicted octanol–water partition coefficient (Wildman–Crippen LogP) is 3.20. The maximum atomic E-state index is 11.8. The molecule has 0 spiro atoms. The molecule has 1 aromatic rings. The Hall–Kier alpha value is -1.87. The molecule has 9 nitrogen and oxygen atoms in total. The average molecular weight is 496 g/mol. The Kier molecular flexibility index (Phi) is 9.12. The van der Waals surface area contributed by atoms with E-state index in [4.69, 9.17) is 58.5 Å². The van der Waals surface area contributed by atoms with Crippen LogP contribution in [0.25, 0.3) is 5.53 Å². The fraction of sp³-hybridized carbons (Fsp3) is 0.526. The third-order valence-corrected chi connectivity index (χ3v) is 4.66. The van der Waals surface area contributed by atoms with Gasteiger partial charge in [-0.3, -0.25) is 9.59 Å². The van der Waals surface area contributed by atoms with E-state index in [1.807, 2.05) is 30.3 Å². The van der Waals surface area contributed by atoms with Crippen LogP contribution in [0.1, 0.15) is 26.3 Å². The number of alkyl halides is 3. The van der Waals surface area contributed by atoms with Gasteiger partial charge in [-0.2, -0.15) is 0 Å². The van der Waals surface area contributed by atoms with Gasteiger partial charge in [0.2, 0.25) is 6.29 Å². The van der Waals surface area contributed by atoms with Gasteiger partial charge in [-0.15, -0.1) is 4.79 Å². The monoisotopic (exact) mass is 494 g/mol. The Labute approximate surface area is 194 Å². The van der Waals surface area contributed by atoms with Crippen molar-refractivity contribution >= 4 is 52.6 Å². The van der Waals surface area contributed by atoms with Gasteiger partial charge in [-0.1, -0.05) is 65.1 Å². The molecule has 1 aliphatic heterocycles. The highest BCUT2D eigenvalue weighted by Gasteiger charge is 2.53. The molecule has 0 saturated carbocycles. The van der Waals surface area contributed by atoms with Gasteiger partial charge in [-0.05, 0) is 12.5 Å². The zero-order valence-corrected chi connectivity index (χ0v) is 19.1. The minimum Gasteiger partial charge on any atom is -0.456 e. The van der Waals surface area contributed by atoms with Crippen molar-refractivity contribution in [1.29, 1.82) is 0 Å². The number of esters is 2. The quantitative estimate of drug-likeness (QED) is 0.149. The molecule has 0 aliphatic carbocycles. The molecule has 0 unspecified atom stereocenters. The number of halogens is 3. The van der Waals surface area contributed by atoms with Crippen LogP contribution in [0, 0.1) is 0 Å². The summed E-state index contributed by atoms with van der Waals surface area (Å²) in [6, 6.07) is 9.10. The van der Waals surface area contributed by atoms with Gasteiger partial charge < -0.3 is 29.2 Å². The number of nitrogens with zero attached hydrogens (tertiary/aromatic N) is 2. The summed E-state index contributed by atoms with van der Waals surface area (Å²) in [5.41, 5.74) is 9.99. The molecule has 31 heavy (non-hydrogen) atoms. The first-order valence-corrected chi connectivity index (χ1v) is 10.3. The van der Waals surface area contributed by atoms with Crippen LogP contribution in [0.3, 0.4) is 0 Å². The lowest BCUT2D eigenvalue weighted by atomic mass is 9.98. The van der Waals surface area contributed by atoms with Gasteiger partial charge in [0.05, 0.1) is 12.7 Å². The SMILES string of the molecule is CC(=O)O[C@H]1[C@H](OCc2ccccc2)[C@H](OC(=[N+]=[N-])C(Cl)(Cl)Cl)O[C@@H](C)[C@H]1OC(C)=O. The molecule has 1 fully saturated rings. The molecule has 1 aromatic carbocycles. The van der Waals surface area contributed by atoms with E-state index in [9.17, 15) is 15.1 Å². The number of benzene rings is 1. The third-order valence-electron chi connectivity index (χ3n) is 4.18. The summed E-state index contributed by atoms with van der Waals surface area (Å²) >= 11 is 17.3. The van der Waals surface area contributed by atoms with Crippen molar-refractivity contribution in [1.82, 2.24) is 0 Å². The molecule has 0 bridgehead atoms. The van der Waals surface area contributed by atoms with E-state index in [0.717, 1.165) is 5.56 Å². The molecule has 0 amide bonds. The molecule has 0 radical (unpaired) electrons. The number of rotatable bonds is 6. The number of ether oxygens (including phenoxy) is 5. The van der Waals surface area contributed by atoms with Crippen LogP contribution in [0.2, 0.25) is 0 Å². The minimum absolute atomic E-state index is 0.0625. The average Bonchev–Trinajstić information content (AvgIpc) is 2.67. The van der Waals surface area contributed by atoms with E-state index in [2.05, 4.69) is 4.79 Å². The second kappa shape index (κ2) is 11.1. The molecule has 1 saturated heterocycles. The lowest BCUT2D eigenvalue weighted by Gasteiger charge is -2.43. The molecular formula is C19H21Cl3N2O7. The lowest BCUT2D eigenvalue weighted by Crippen LogP contribution is -2.61. The highest BCUT2D eigenvalue weighted by Crippen LogP contribution is 2.33. The Morgan fingerprint density at radius 2 is 1.61 bits per heavy atom. The van der Waals surface area contributed by atoms with E-state index in [0.29, 0.717) is 0 Å². The number of carbonyl (C=O) groups is 2. The first kappa shape index (κ1) is 25.4. The molecule has 2 rings (SSSR count). The molecule has 170 valence electrons.